The van der Waals surface area contributed by atoms with Crippen LogP contribution < -0.4 is 10.6 Å². The summed E-state index contributed by atoms with van der Waals surface area (Å²) in [5.41, 5.74) is 1.68. The molecule has 0 saturated carbocycles. The molecule has 108 valence electrons. The molecule has 0 aliphatic carbocycles. The summed E-state index contributed by atoms with van der Waals surface area (Å²) in [5, 5.41) is 5.56. The molecular weight excluding hydrogens is 276 g/mol. The van der Waals surface area contributed by atoms with E-state index in [4.69, 9.17) is 4.74 Å². The molecule has 20 heavy (non-hydrogen) atoms. The van der Waals surface area contributed by atoms with Crippen molar-refractivity contribution in [1.82, 2.24) is 5.32 Å². The van der Waals surface area contributed by atoms with Gasteiger partial charge >= 0.3 is 0 Å². The summed E-state index contributed by atoms with van der Waals surface area (Å²) in [7, 11) is 1.59. The van der Waals surface area contributed by atoms with Crippen molar-refractivity contribution in [2.24, 2.45) is 0 Å². The summed E-state index contributed by atoms with van der Waals surface area (Å²) < 4.78 is 4.87. The number of carbonyl (C=O) groups excluding carboxylic acids is 2. The molecule has 0 bridgehead atoms. The van der Waals surface area contributed by atoms with Crippen LogP contribution in [-0.2, 0) is 20.7 Å². The first kappa shape index (κ1) is 14.9. The standard InChI is InChI=1S/C14H18N2O3S/c1-9-14(18)16-11-7-10(3-4-12(11)20-9)8-13(17)15-5-6-19-2/h3-4,7,9H,5-6,8H2,1-2H3,(H,15,17)(H,16,18). The maximum atomic E-state index is 11.7. The third-order valence-corrected chi connectivity index (χ3v) is 4.15. The molecule has 1 unspecified atom stereocenters. The van der Waals surface area contributed by atoms with E-state index in [0.717, 1.165) is 16.1 Å². The van der Waals surface area contributed by atoms with E-state index in [0.29, 0.717) is 19.6 Å². The fraction of sp³-hybridized carbons (Fsp3) is 0.429. The van der Waals surface area contributed by atoms with Crippen LogP contribution in [0.1, 0.15) is 12.5 Å². The Kier molecular flexibility index (Phi) is 5.03. The first-order valence-electron chi connectivity index (χ1n) is 6.46. The second kappa shape index (κ2) is 6.76. The van der Waals surface area contributed by atoms with Crippen molar-refractivity contribution in [3.8, 4) is 0 Å². The Morgan fingerprint density at radius 3 is 3.05 bits per heavy atom. The highest BCUT2D eigenvalue weighted by Crippen LogP contribution is 2.35. The van der Waals surface area contributed by atoms with Crippen LogP contribution in [0.2, 0.25) is 0 Å². The molecule has 6 heteroatoms. The third-order valence-electron chi connectivity index (χ3n) is 2.97. The van der Waals surface area contributed by atoms with Crippen molar-refractivity contribution in [3.63, 3.8) is 0 Å². The molecule has 1 aromatic carbocycles. The number of rotatable bonds is 5. The zero-order chi connectivity index (χ0) is 14.5. The fourth-order valence-corrected chi connectivity index (χ4v) is 2.84. The number of hydrogen-bond donors (Lipinski definition) is 2. The molecule has 2 N–H and O–H groups in total. The number of amides is 2. The minimum atomic E-state index is -0.0781. The summed E-state index contributed by atoms with van der Waals surface area (Å²) in [6.07, 6.45) is 0.299. The zero-order valence-corrected chi connectivity index (χ0v) is 12.4. The van der Waals surface area contributed by atoms with Gasteiger partial charge in [0.25, 0.3) is 0 Å². The van der Waals surface area contributed by atoms with Gasteiger partial charge in [-0.2, -0.15) is 0 Å². The number of methoxy groups -OCH3 is 1. The van der Waals surface area contributed by atoms with E-state index in [9.17, 15) is 9.59 Å². The highest BCUT2D eigenvalue weighted by molar-refractivity contribution is 8.00. The molecule has 0 saturated heterocycles. The monoisotopic (exact) mass is 294 g/mol. The molecular formula is C14H18N2O3S. The van der Waals surface area contributed by atoms with Gasteiger partial charge in [-0.1, -0.05) is 6.07 Å². The van der Waals surface area contributed by atoms with Gasteiger partial charge in [0.1, 0.15) is 0 Å². The summed E-state index contributed by atoms with van der Waals surface area (Å²) in [4.78, 5) is 24.4. The van der Waals surface area contributed by atoms with Crippen LogP contribution in [0, 0.1) is 0 Å². The van der Waals surface area contributed by atoms with Gasteiger partial charge in [0, 0.05) is 18.6 Å². The molecule has 5 nitrogen and oxygen atoms in total. The lowest BCUT2D eigenvalue weighted by atomic mass is 10.1. The summed E-state index contributed by atoms with van der Waals surface area (Å²) in [5.74, 6) is -0.0469. The van der Waals surface area contributed by atoms with E-state index < -0.39 is 0 Å². The Morgan fingerprint density at radius 2 is 2.30 bits per heavy atom. The maximum Gasteiger partial charge on any atom is 0.237 e. The maximum absolute atomic E-state index is 11.7. The van der Waals surface area contributed by atoms with Gasteiger partial charge in [-0.3, -0.25) is 9.59 Å². The van der Waals surface area contributed by atoms with Gasteiger partial charge in [-0.05, 0) is 24.6 Å². The van der Waals surface area contributed by atoms with Crippen molar-refractivity contribution in [2.45, 2.75) is 23.5 Å². The van der Waals surface area contributed by atoms with Crippen molar-refractivity contribution in [2.75, 3.05) is 25.6 Å². The number of carbonyl (C=O) groups is 2. The van der Waals surface area contributed by atoms with E-state index in [1.807, 2.05) is 25.1 Å². The lowest BCUT2D eigenvalue weighted by molar-refractivity contribution is -0.120. The lowest BCUT2D eigenvalue weighted by Gasteiger charge is -2.21. The quantitative estimate of drug-likeness (QED) is 0.806. The number of fused-ring (bicyclic) bond motifs is 1. The molecule has 0 radical (unpaired) electrons. The second-order valence-corrected chi connectivity index (χ2v) is 5.98. The van der Waals surface area contributed by atoms with E-state index >= 15 is 0 Å². The second-order valence-electron chi connectivity index (χ2n) is 4.60. The Bertz CT molecular complexity index is 519. The molecule has 0 aromatic heterocycles. The molecule has 2 amide bonds. The van der Waals surface area contributed by atoms with Crippen LogP contribution in [0.4, 0.5) is 5.69 Å². The molecule has 1 atom stereocenters. The molecule has 0 spiro atoms. The first-order valence-corrected chi connectivity index (χ1v) is 7.34. The average molecular weight is 294 g/mol. The Labute approximate surface area is 122 Å². The van der Waals surface area contributed by atoms with Crippen molar-refractivity contribution < 1.29 is 14.3 Å². The number of nitrogens with one attached hydrogen (secondary N) is 2. The number of anilines is 1. The van der Waals surface area contributed by atoms with Gasteiger partial charge in [0.15, 0.2) is 0 Å². The summed E-state index contributed by atoms with van der Waals surface area (Å²) in [6.45, 7) is 2.88. The van der Waals surface area contributed by atoms with Crippen LogP contribution in [-0.4, -0.2) is 37.3 Å². The predicted molar refractivity (Wildman–Crippen MR) is 79.0 cm³/mol. The number of benzene rings is 1. The van der Waals surface area contributed by atoms with Crippen LogP contribution in [0.5, 0.6) is 0 Å². The van der Waals surface area contributed by atoms with Crippen molar-refractivity contribution in [1.29, 1.82) is 0 Å². The first-order chi connectivity index (χ1) is 9.60. The van der Waals surface area contributed by atoms with E-state index in [1.165, 1.54) is 11.8 Å². The van der Waals surface area contributed by atoms with Gasteiger partial charge < -0.3 is 15.4 Å². The van der Waals surface area contributed by atoms with Crippen LogP contribution in [0.15, 0.2) is 23.1 Å². The number of hydrogen-bond acceptors (Lipinski definition) is 4. The van der Waals surface area contributed by atoms with Crippen LogP contribution >= 0.6 is 11.8 Å². The van der Waals surface area contributed by atoms with Gasteiger partial charge in [-0.15, -0.1) is 11.8 Å². The Balaban J connectivity index is 1.99. The van der Waals surface area contributed by atoms with E-state index in [2.05, 4.69) is 10.6 Å². The molecule has 2 rings (SSSR count). The van der Waals surface area contributed by atoms with E-state index in [1.54, 1.807) is 7.11 Å². The SMILES string of the molecule is COCCNC(=O)Cc1ccc2c(c1)NC(=O)C(C)S2. The minimum Gasteiger partial charge on any atom is -0.383 e. The van der Waals surface area contributed by atoms with E-state index in [-0.39, 0.29) is 17.1 Å². The van der Waals surface area contributed by atoms with Crippen LogP contribution in [0.3, 0.4) is 0 Å². The zero-order valence-electron chi connectivity index (χ0n) is 11.6. The van der Waals surface area contributed by atoms with Crippen LogP contribution in [0.25, 0.3) is 0 Å². The predicted octanol–water partition coefficient (Wildman–Crippen LogP) is 1.42. The third kappa shape index (κ3) is 3.74. The fourth-order valence-electron chi connectivity index (χ4n) is 1.91. The van der Waals surface area contributed by atoms with Gasteiger partial charge in [0.2, 0.25) is 11.8 Å². The molecule has 1 aliphatic heterocycles. The summed E-state index contributed by atoms with van der Waals surface area (Å²) >= 11 is 1.54. The van der Waals surface area contributed by atoms with Gasteiger partial charge in [0.05, 0.1) is 24.0 Å². The molecule has 0 fully saturated rings. The van der Waals surface area contributed by atoms with Crippen molar-refractivity contribution in [3.05, 3.63) is 23.8 Å². The molecule has 1 aliphatic rings. The number of ether oxygens (including phenoxy) is 1. The Hall–Kier alpha value is -1.53. The summed E-state index contributed by atoms with van der Waals surface area (Å²) in [6, 6.07) is 5.74. The normalized spacial score (nSPS) is 17.3. The Morgan fingerprint density at radius 1 is 1.50 bits per heavy atom. The van der Waals surface area contributed by atoms with Crippen molar-refractivity contribution >= 4 is 29.3 Å². The molecule has 1 aromatic rings. The minimum absolute atomic E-state index is 0.00389. The molecule has 1 heterocycles. The average Bonchev–Trinajstić information content (AvgIpc) is 2.41. The topological polar surface area (TPSA) is 67.4 Å². The van der Waals surface area contributed by atoms with Gasteiger partial charge in [-0.25, -0.2) is 0 Å². The smallest absolute Gasteiger partial charge is 0.237 e. The largest absolute Gasteiger partial charge is 0.383 e. The highest BCUT2D eigenvalue weighted by Gasteiger charge is 2.23. The lowest BCUT2D eigenvalue weighted by Crippen LogP contribution is -2.29. The highest BCUT2D eigenvalue weighted by atomic mass is 32.2. The number of thioether (sulfide) groups is 1.